The highest BCUT2D eigenvalue weighted by molar-refractivity contribution is 6.62. The van der Waals surface area contributed by atoms with Crippen molar-refractivity contribution < 1.29 is 18.8 Å². The van der Waals surface area contributed by atoms with Crippen molar-refractivity contribution in [2.24, 2.45) is 0 Å². The molecule has 6 nitrogen and oxygen atoms in total. The first-order valence-corrected chi connectivity index (χ1v) is 8.31. The predicted molar refractivity (Wildman–Crippen MR) is 92.2 cm³/mol. The molecule has 24 heavy (non-hydrogen) atoms. The first-order chi connectivity index (χ1) is 11.3. The Labute approximate surface area is 143 Å². The molecule has 2 aromatic heterocycles. The highest BCUT2D eigenvalue weighted by Crippen LogP contribution is 2.36. The number of rotatable bonds is 6. The van der Waals surface area contributed by atoms with E-state index in [4.69, 9.17) is 18.8 Å². The summed E-state index contributed by atoms with van der Waals surface area (Å²) in [4.78, 5) is 4.40. The molecule has 1 fully saturated rings. The Bertz CT molecular complexity index is 698. The zero-order valence-electron chi connectivity index (χ0n) is 15.0. The average molecular weight is 332 g/mol. The second-order valence-electron chi connectivity index (χ2n) is 6.99. The van der Waals surface area contributed by atoms with E-state index in [2.05, 4.69) is 32.7 Å². The average Bonchev–Trinajstić information content (AvgIpc) is 3.01. The van der Waals surface area contributed by atoms with Crippen LogP contribution in [-0.4, -0.2) is 41.1 Å². The van der Waals surface area contributed by atoms with E-state index in [0.29, 0.717) is 13.2 Å². The SMILES string of the molecule is CCOCOCc1cnc2ccc(B3OC(C)(C)C(C)(C)O3)cn12. The van der Waals surface area contributed by atoms with Gasteiger partial charge in [0, 0.05) is 12.8 Å². The molecule has 2 aromatic rings. The number of aromatic nitrogens is 2. The molecule has 0 saturated carbocycles. The van der Waals surface area contributed by atoms with Gasteiger partial charge in [0.1, 0.15) is 12.4 Å². The van der Waals surface area contributed by atoms with E-state index in [9.17, 15) is 0 Å². The summed E-state index contributed by atoms with van der Waals surface area (Å²) in [5.74, 6) is 0. The van der Waals surface area contributed by atoms with Crippen molar-refractivity contribution in [1.82, 2.24) is 9.38 Å². The van der Waals surface area contributed by atoms with Gasteiger partial charge in [0.25, 0.3) is 0 Å². The Morgan fingerprint density at radius 3 is 2.50 bits per heavy atom. The first-order valence-electron chi connectivity index (χ1n) is 8.31. The Morgan fingerprint density at radius 2 is 1.83 bits per heavy atom. The largest absolute Gasteiger partial charge is 0.496 e. The van der Waals surface area contributed by atoms with Gasteiger partial charge in [-0.15, -0.1) is 0 Å². The number of ether oxygens (including phenoxy) is 2. The number of imidazole rings is 1. The van der Waals surface area contributed by atoms with Crippen LogP contribution in [0.15, 0.2) is 24.5 Å². The van der Waals surface area contributed by atoms with Crippen molar-refractivity contribution in [3.05, 3.63) is 30.2 Å². The molecule has 1 aliphatic heterocycles. The monoisotopic (exact) mass is 332 g/mol. The van der Waals surface area contributed by atoms with Crippen LogP contribution >= 0.6 is 0 Å². The van der Waals surface area contributed by atoms with E-state index in [0.717, 1.165) is 16.8 Å². The zero-order valence-corrected chi connectivity index (χ0v) is 15.0. The standard InChI is InChI=1S/C17H25BN2O4/c1-6-21-12-22-11-14-9-19-15-8-7-13(10-20(14)15)18-23-16(2,3)17(4,5)24-18/h7-10H,6,11-12H2,1-5H3. The lowest BCUT2D eigenvalue weighted by Crippen LogP contribution is -2.41. The van der Waals surface area contributed by atoms with Gasteiger partial charge in [-0.05, 0) is 46.1 Å². The number of nitrogens with zero attached hydrogens (tertiary/aromatic N) is 2. The highest BCUT2D eigenvalue weighted by Gasteiger charge is 2.51. The summed E-state index contributed by atoms with van der Waals surface area (Å²) in [6.07, 6.45) is 3.82. The van der Waals surface area contributed by atoms with E-state index in [1.54, 1.807) is 0 Å². The molecule has 0 bridgehead atoms. The molecule has 0 amide bonds. The van der Waals surface area contributed by atoms with Crippen molar-refractivity contribution in [3.63, 3.8) is 0 Å². The van der Waals surface area contributed by atoms with Crippen LogP contribution in [0.1, 0.15) is 40.3 Å². The quantitative estimate of drug-likeness (QED) is 0.461. The molecule has 3 rings (SSSR count). The van der Waals surface area contributed by atoms with Crippen LogP contribution in [0.3, 0.4) is 0 Å². The molecule has 0 aromatic carbocycles. The van der Waals surface area contributed by atoms with Crippen LogP contribution in [-0.2, 0) is 25.4 Å². The summed E-state index contributed by atoms with van der Waals surface area (Å²) in [5, 5.41) is 0. The van der Waals surface area contributed by atoms with Gasteiger partial charge in [-0.2, -0.15) is 0 Å². The summed E-state index contributed by atoms with van der Waals surface area (Å²) in [6.45, 7) is 11.5. The van der Waals surface area contributed by atoms with Crippen LogP contribution in [0.5, 0.6) is 0 Å². The van der Waals surface area contributed by atoms with E-state index in [1.807, 2.05) is 35.9 Å². The maximum Gasteiger partial charge on any atom is 0.496 e. The molecule has 1 saturated heterocycles. The van der Waals surface area contributed by atoms with Gasteiger partial charge in [0.05, 0.1) is 29.7 Å². The van der Waals surface area contributed by atoms with Crippen molar-refractivity contribution in [2.45, 2.75) is 52.4 Å². The van der Waals surface area contributed by atoms with Crippen LogP contribution in [0.2, 0.25) is 0 Å². The summed E-state index contributed by atoms with van der Waals surface area (Å²) < 4.78 is 25.0. The normalized spacial score (nSPS) is 19.3. The molecule has 130 valence electrons. The van der Waals surface area contributed by atoms with Crippen molar-refractivity contribution >= 4 is 18.2 Å². The topological polar surface area (TPSA) is 54.2 Å². The molecule has 0 radical (unpaired) electrons. The molecule has 3 heterocycles. The van der Waals surface area contributed by atoms with Gasteiger partial charge >= 0.3 is 7.12 Å². The van der Waals surface area contributed by atoms with Crippen molar-refractivity contribution in [2.75, 3.05) is 13.4 Å². The fraction of sp³-hybridized carbons (Fsp3) is 0.588. The number of fused-ring (bicyclic) bond motifs is 1. The smallest absolute Gasteiger partial charge is 0.399 e. The van der Waals surface area contributed by atoms with Crippen molar-refractivity contribution in [1.29, 1.82) is 0 Å². The minimum absolute atomic E-state index is 0.278. The molecule has 0 atom stereocenters. The van der Waals surface area contributed by atoms with Crippen LogP contribution in [0.4, 0.5) is 0 Å². The van der Waals surface area contributed by atoms with Gasteiger partial charge in [0.2, 0.25) is 0 Å². The van der Waals surface area contributed by atoms with Gasteiger partial charge in [-0.1, -0.05) is 6.07 Å². The second-order valence-corrected chi connectivity index (χ2v) is 6.99. The van der Waals surface area contributed by atoms with Crippen LogP contribution < -0.4 is 5.46 Å². The fourth-order valence-electron chi connectivity index (χ4n) is 2.56. The van der Waals surface area contributed by atoms with E-state index < -0.39 is 0 Å². The summed E-state index contributed by atoms with van der Waals surface area (Å²) in [5.41, 5.74) is 2.08. The highest BCUT2D eigenvalue weighted by atomic mass is 16.7. The fourth-order valence-corrected chi connectivity index (χ4v) is 2.56. The van der Waals surface area contributed by atoms with Gasteiger partial charge < -0.3 is 23.2 Å². The first kappa shape index (κ1) is 17.4. The summed E-state index contributed by atoms with van der Waals surface area (Å²) >= 11 is 0. The van der Waals surface area contributed by atoms with Crippen LogP contribution in [0.25, 0.3) is 5.65 Å². The third-order valence-corrected chi connectivity index (χ3v) is 4.75. The Morgan fingerprint density at radius 1 is 1.12 bits per heavy atom. The Balaban J connectivity index is 1.81. The van der Waals surface area contributed by atoms with Gasteiger partial charge in [-0.3, -0.25) is 0 Å². The molecule has 7 heteroatoms. The lowest BCUT2D eigenvalue weighted by atomic mass is 9.80. The van der Waals surface area contributed by atoms with E-state index in [-0.39, 0.29) is 25.1 Å². The number of hydrogen-bond acceptors (Lipinski definition) is 5. The summed E-state index contributed by atoms with van der Waals surface area (Å²) in [6, 6.07) is 3.96. The third kappa shape index (κ3) is 3.21. The third-order valence-electron chi connectivity index (χ3n) is 4.75. The second kappa shape index (κ2) is 6.48. The molecular weight excluding hydrogens is 307 g/mol. The predicted octanol–water partition coefficient (Wildman–Crippen LogP) is 2.14. The minimum atomic E-state index is -0.390. The molecule has 0 aliphatic carbocycles. The van der Waals surface area contributed by atoms with E-state index in [1.165, 1.54) is 0 Å². The molecule has 0 spiro atoms. The Kier molecular flexibility index (Phi) is 4.70. The van der Waals surface area contributed by atoms with Crippen molar-refractivity contribution in [3.8, 4) is 0 Å². The maximum absolute atomic E-state index is 6.12. The molecule has 1 aliphatic rings. The zero-order chi connectivity index (χ0) is 17.4. The Hall–Kier alpha value is -1.41. The molecule has 0 unspecified atom stereocenters. The minimum Gasteiger partial charge on any atom is -0.399 e. The number of pyridine rings is 1. The maximum atomic E-state index is 6.12. The molecular formula is C17H25BN2O4. The lowest BCUT2D eigenvalue weighted by Gasteiger charge is -2.32. The van der Waals surface area contributed by atoms with Gasteiger partial charge in [-0.25, -0.2) is 4.98 Å². The van der Waals surface area contributed by atoms with E-state index >= 15 is 0 Å². The molecule has 0 N–H and O–H groups in total. The summed E-state index contributed by atoms with van der Waals surface area (Å²) in [7, 11) is -0.390. The van der Waals surface area contributed by atoms with Crippen LogP contribution in [0, 0.1) is 0 Å². The lowest BCUT2D eigenvalue weighted by molar-refractivity contribution is -0.0582. The number of hydrogen-bond donors (Lipinski definition) is 0. The van der Waals surface area contributed by atoms with Gasteiger partial charge in [0.15, 0.2) is 0 Å².